The number of nitro groups is 1. The SMILES string of the molecule is COCOC(C[C@@H]1Oc2nc([N+](=O)[O-])cn2C[C@@H]1OC1CCCCO1)c1ccc(OC(F)(F)F)cc1. The number of alkyl halides is 3. The molecule has 1 saturated heterocycles. The Labute approximate surface area is 204 Å². The number of rotatable bonds is 10. The van der Waals surface area contributed by atoms with Crippen LogP contribution < -0.4 is 9.47 Å². The van der Waals surface area contributed by atoms with Crippen LogP contribution in [0, 0.1) is 10.1 Å². The molecule has 11 nitrogen and oxygen atoms in total. The zero-order valence-corrected chi connectivity index (χ0v) is 19.4. The van der Waals surface area contributed by atoms with Gasteiger partial charge in [-0.15, -0.1) is 13.2 Å². The number of methoxy groups -OCH3 is 1. The minimum absolute atomic E-state index is 0.0653. The van der Waals surface area contributed by atoms with E-state index >= 15 is 0 Å². The predicted octanol–water partition coefficient (Wildman–Crippen LogP) is 4.11. The van der Waals surface area contributed by atoms with E-state index < -0.39 is 35.9 Å². The fourth-order valence-corrected chi connectivity index (χ4v) is 4.11. The van der Waals surface area contributed by atoms with E-state index in [0.717, 1.165) is 12.8 Å². The summed E-state index contributed by atoms with van der Waals surface area (Å²) in [6.07, 6.45) is -3.09. The second kappa shape index (κ2) is 11.4. The third-order valence-electron chi connectivity index (χ3n) is 5.75. The Morgan fingerprint density at radius 3 is 2.69 bits per heavy atom. The van der Waals surface area contributed by atoms with Crippen molar-refractivity contribution >= 4 is 5.82 Å². The first-order valence-electron chi connectivity index (χ1n) is 11.3. The van der Waals surface area contributed by atoms with Gasteiger partial charge < -0.3 is 38.5 Å². The molecular weight excluding hydrogens is 491 g/mol. The zero-order chi connectivity index (χ0) is 25.7. The molecule has 2 aliphatic heterocycles. The Balaban J connectivity index is 1.55. The molecule has 2 aromatic rings. The molecule has 3 heterocycles. The van der Waals surface area contributed by atoms with E-state index in [4.69, 9.17) is 23.7 Å². The molecule has 198 valence electrons. The Kier molecular flexibility index (Phi) is 8.28. The van der Waals surface area contributed by atoms with E-state index in [2.05, 4.69) is 9.72 Å². The summed E-state index contributed by atoms with van der Waals surface area (Å²) >= 11 is 0. The Morgan fingerprint density at radius 1 is 1.28 bits per heavy atom. The lowest BCUT2D eigenvalue weighted by Gasteiger charge is -2.36. The van der Waals surface area contributed by atoms with Crippen LogP contribution in [0.25, 0.3) is 0 Å². The maximum absolute atomic E-state index is 12.5. The van der Waals surface area contributed by atoms with Crippen molar-refractivity contribution < 1.29 is 46.5 Å². The molecule has 1 aromatic carbocycles. The standard InChI is InChI=1S/C22H26F3N3O8/c1-31-13-33-16(14-5-7-15(8-6-14)36-22(23,24)25)10-17-18(34-20-4-2-3-9-32-20)11-27-12-19(28(29)30)26-21(27)35-17/h5-8,12,16-18,20H,2-4,9-11,13H2,1H3/t16?,17-,18-,20?/m0/s1. The molecule has 0 N–H and O–H groups in total. The van der Waals surface area contributed by atoms with Crippen LogP contribution >= 0.6 is 0 Å². The molecule has 0 bridgehead atoms. The average Bonchev–Trinajstić information content (AvgIpc) is 3.25. The van der Waals surface area contributed by atoms with Crippen LogP contribution in [0.3, 0.4) is 0 Å². The molecule has 0 radical (unpaired) electrons. The van der Waals surface area contributed by atoms with Crippen molar-refractivity contribution in [2.75, 3.05) is 20.5 Å². The molecule has 2 aliphatic rings. The molecule has 36 heavy (non-hydrogen) atoms. The largest absolute Gasteiger partial charge is 0.573 e. The molecule has 1 aromatic heterocycles. The maximum Gasteiger partial charge on any atom is 0.573 e. The fourth-order valence-electron chi connectivity index (χ4n) is 4.11. The van der Waals surface area contributed by atoms with E-state index in [1.165, 1.54) is 42.1 Å². The monoisotopic (exact) mass is 517 g/mol. The molecular formula is C22H26F3N3O8. The summed E-state index contributed by atoms with van der Waals surface area (Å²) in [4.78, 5) is 14.5. The Hall–Kier alpha value is -2.94. The fraction of sp³-hybridized carbons (Fsp3) is 0.591. The highest BCUT2D eigenvalue weighted by atomic mass is 19.4. The van der Waals surface area contributed by atoms with Gasteiger partial charge >= 0.3 is 18.2 Å². The van der Waals surface area contributed by atoms with Crippen LogP contribution in [-0.4, -0.2) is 59.8 Å². The highest BCUT2D eigenvalue weighted by Gasteiger charge is 2.39. The number of ether oxygens (including phenoxy) is 6. The van der Waals surface area contributed by atoms with Crippen molar-refractivity contribution in [3.8, 4) is 11.8 Å². The molecule has 2 unspecified atom stereocenters. The quantitative estimate of drug-likeness (QED) is 0.261. The number of hydrogen-bond acceptors (Lipinski definition) is 9. The Bertz CT molecular complexity index is 1010. The van der Waals surface area contributed by atoms with Crippen molar-refractivity contribution in [3.63, 3.8) is 0 Å². The zero-order valence-electron chi connectivity index (χ0n) is 19.4. The van der Waals surface area contributed by atoms with Gasteiger partial charge in [-0.2, -0.15) is 0 Å². The molecule has 0 saturated carbocycles. The molecule has 14 heteroatoms. The van der Waals surface area contributed by atoms with E-state index in [0.29, 0.717) is 18.6 Å². The lowest BCUT2D eigenvalue weighted by atomic mass is 9.99. The van der Waals surface area contributed by atoms with Crippen LogP contribution in [0.1, 0.15) is 37.4 Å². The number of hydrogen-bond donors (Lipinski definition) is 0. The van der Waals surface area contributed by atoms with Crippen LogP contribution in [0.5, 0.6) is 11.8 Å². The molecule has 0 spiro atoms. The van der Waals surface area contributed by atoms with Gasteiger partial charge in [-0.25, -0.2) is 0 Å². The van der Waals surface area contributed by atoms with Crippen molar-refractivity contribution in [2.24, 2.45) is 0 Å². The van der Waals surface area contributed by atoms with Gasteiger partial charge in [-0.1, -0.05) is 12.1 Å². The number of imidazole rings is 1. The van der Waals surface area contributed by atoms with Gasteiger partial charge in [-0.05, 0) is 41.9 Å². The van der Waals surface area contributed by atoms with E-state index in [1.54, 1.807) is 0 Å². The number of fused-ring (bicyclic) bond motifs is 1. The lowest BCUT2D eigenvalue weighted by molar-refractivity contribution is -0.389. The maximum atomic E-state index is 12.5. The minimum Gasteiger partial charge on any atom is -0.440 e. The van der Waals surface area contributed by atoms with Crippen molar-refractivity contribution in [1.82, 2.24) is 9.55 Å². The van der Waals surface area contributed by atoms with Crippen molar-refractivity contribution in [3.05, 3.63) is 46.1 Å². The number of nitrogens with zero attached hydrogens (tertiary/aromatic N) is 3. The number of aromatic nitrogens is 2. The van der Waals surface area contributed by atoms with Crippen molar-refractivity contribution in [2.45, 2.75) is 63.2 Å². The van der Waals surface area contributed by atoms with Crippen LogP contribution in [0.2, 0.25) is 0 Å². The first-order chi connectivity index (χ1) is 17.2. The molecule has 1 fully saturated rings. The summed E-state index contributed by atoms with van der Waals surface area (Å²) in [5.41, 5.74) is 0.553. The molecule has 4 rings (SSSR count). The van der Waals surface area contributed by atoms with E-state index in [-0.39, 0.29) is 37.3 Å². The van der Waals surface area contributed by atoms with Crippen LogP contribution in [-0.2, 0) is 25.5 Å². The number of halogens is 3. The van der Waals surface area contributed by atoms with Gasteiger partial charge in [-0.3, -0.25) is 4.57 Å². The van der Waals surface area contributed by atoms with Crippen molar-refractivity contribution in [1.29, 1.82) is 0 Å². The molecule has 0 amide bonds. The summed E-state index contributed by atoms with van der Waals surface area (Å²) in [5, 5.41) is 11.2. The van der Waals surface area contributed by atoms with Gasteiger partial charge in [0, 0.05) is 25.1 Å². The van der Waals surface area contributed by atoms with E-state index in [1.807, 2.05) is 0 Å². The van der Waals surface area contributed by atoms with Crippen LogP contribution in [0.4, 0.5) is 19.0 Å². The second-order valence-electron chi connectivity index (χ2n) is 8.33. The summed E-state index contributed by atoms with van der Waals surface area (Å²) in [6, 6.07) is 5.35. The normalized spacial score (nSPS) is 22.9. The van der Waals surface area contributed by atoms with Crippen LogP contribution in [0.15, 0.2) is 30.5 Å². The minimum atomic E-state index is -4.81. The van der Waals surface area contributed by atoms with Gasteiger partial charge in [0.1, 0.15) is 30.9 Å². The van der Waals surface area contributed by atoms with E-state index in [9.17, 15) is 23.3 Å². The highest BCUT2D eigenvalue weighted by molar-refractivity contribution is 5.29. The summed E-state index contributed by atoms with van der Waals surface area (Å²) in [6.45, 7) is 0.711. The predicted molar refractivity (Wildman–Crippen MR) is 115 cm³/mol. The number of benzene rings is 1. The average molecular weight is 517 g/mol. The second-order valence-corrected chi connectivity index (χ2v) is 8.33. The third kappa shape index (κ3) is 6.84. The van der Waals surface area contributed by atoms with Gasteiger partial charge in [0.05, 0.1) is 12.6 Å². The third-order valence-corrected chi connectivity index (χ3v) is 5.75. The van der Waals surface area contributed by atoms with Gasteiger partial charge in [0.15, 0.2) is 6.29 Å². The van der Waals surface area contributed by atoms with Gasteiger partial charge in [0.2, 0.25) is 0 Å². The van der Waals surface area contributed by atoms with Gasteiger partial charge in [0.25, 0.3) is 0 Å². The summed E-state index contributed by atoms with van der Waals surface area (Å²) < 4.78 is 71.8. The smallest absolute Gasteiger partial charge is 0.440 e. The Morgan fingerprint density at radius 2 is 2.06 bits per heavy atom. The first kappa shape index (κ1) is 26.1. The topological polar surface area (TPSA) is 116 Å². The molecule has 0 aliphatic carbocycles. The lowest BCUT2D eigenvalue weighted by Crippen LogP contribution is -2.45. The highest BCUT2D eigenvalue weighted by Crippen LogP contribution is 2.34. The molecule has 4 atom stereocenters. The first-order valence-corrected chi connectivity index (χ1v) is 11.3. The summed E-state index contributed by atoms with van der Waals surface area (Å²) in [7, 11) is 1.44. The summed E-state index contributed by atoms with van der Waals surface area (Å²) in [5.74, 6) is -0.721.